The van der Waals surface area contributed by atoms with Crippen molar-refractivity contribution in [2.24, 2.45) is 0 Å². The lowest BCUT2D eigenvalue weighted by Gasteiger charge is -2.35. The second kappa shape index (κ2) is 7.40. The van der Waals surface area contributed by atoms with E-state index in [1.165, 1.54) is 16.4 Å². The first-order valence-electron chi connectivity index (χ1n) is 9.06. The first-order chi connectivity index (χ1) is 14.2. The van der Waals surface area contributed by atoms with E-state index in [0.29, 0.717) is 19.2 Å². The maximum atomic E-state index is 13.4. The molecule has 0 bridgehead atoms. The summed E-state index contributed by atoms with van der Waals surface area (Å²) in [5.41, 5.74) is -1.22. The van der Waals surface area contributed by atoms with Gasteiger partial charge in [0.15, 0.2) is 0 Å². The molecule has 1 aliphatic heterocycles. The Morgan fingerprint density at radius 3 is 2.27 bits per heavy atom. The minimum absolute atomic E-state index is 0.0729. The molecule has 2 aromatic heterocycles. The number of aromatic nitrogens is 2. The zero-order valence-corrected chi connectivity index (χ0v) is 16.4. The summed E-state index contributed by atoms with van der Waals surface area (Å²) in [5, 5.41) is -0.362. The maximum Gasteiger partial charge on any atom is 0.417 e. The number of hydrogen-bond donors (Lipinski definition) is 1. The number of pyridine rings is 2. The van der Waals surface area contributed by atoms with Gasteiger partial charge in [-0.15, -0.1) is 0 Å². The van der Waals surface area contributed by atoms with Crippen LogP contribution in [0.1, 0.15) is 5.56 Å². The van der Waals surface area contributed by atoms with E-state index >= 15 is 0 Å². The Morgan fingerprint density at radius 2 is 1.63 bits per heavy atom. The molecule has 4 rings (SSSR count). The number of benzene rings is 1. The molecule has 158 valence electrons. The average molecular weight is 438 g/mol. The van der Waals surface area contributed by atoms with E-state index in [2.05, 4.69) is 9.97 Å². The van der Waals surface area contributed by atoms with E-state index in [4.69, 9.17) is 0 Å². The van der Waals surface area contributed by atoms with Crippen molar-refractivity contribution in [3.05, 3.63) is 64.7 Å². The zero-order valence-electron chi connectivity index (χ0n) is 15.6. The molecule has 1 aliphatic rings. The van der Waals surface area contributed by atoms with Gasteiger partial charge in [-0.1, -0.05) is 0 Å². The van der Waals surface area contributed by atoms with Crippen LogP contribution in [-0.4, -0.2) is 48.9 Å². The lowest BCUT2D eigenvalue weighted by atomic mass is 10.1. The van der Waals surface area contributed by atoms with Gasteiger partial charge >= 0.3 is 6.18 Å². The van der Waals surface area contributed by atoms with Crippen LogP contribution in [0.2, 0.25) is 0 Å². The number of piperazine rings is 1. The summed E-state index contributed by atoms with van der Waals surface area (Å²) < 4.78 is 67.4. The fourth-order valence-electron chi connectivity index (χ4n) is 3.52. The molecule has 0 amide bonds. The summed E-state index contributed by atoms with van der Waals surface area (Å²) in [6.07, 6.45) is -1.49. The normalized spacial score (nSPS) is 16.2. The number of halogens is 3. The second-order valence-corrected chi connectivity index (χ2v) is 8.79. The van der Waals surface area contributed by atoms with E-state index in [0.717, 1.165) is 11.8 Å². The third-order valence-corrected chi connectivity index (χ3v) is 6.92. The maximum absolute atomic E-state index is 13.4. The number of nitrogens with zero attached hydrogens (tertiary/aromatic N) is 3. The number of fused-ring (bicyclic) bond motifs is 1. The van der Waals surface area contributed by atoms with Crippen molar-refractivity contribution >= 4 is 26.6 Å². The lowest BCUT2D eigenvalue weighted by molar-refractivity contribution is -0.136. The van der Waals surface area contributed by atoms with Crippen molar-refractivity contribution in [2.75, 3.05) is 31.1 Å². The zero-order chi connectivity index (χ0) is 21.5. The Balaban J connectivity index is 1.65. The summed E-state index contributed by atoms with van der Waals surface area (Å²) in [7, 11) is -4.00. The molecule has 11 heteroatoms. The quantitative estimate of drug-likeness (QED) is 0.679. The van der Waals surface area contributed by atoms with Gasteiger partial charge in [0.05, 0.1) is 10.5 Å². The van der Waals surface area contributed by atoms with Crippen LogP contribution < -0.4 is 10.5 Å². The molecule has 1 aromatic carbocycles. The summed E-state index contributed by atoms with van der Waals surface area (Å²) in [6.45, 7) is 1.27. The minimum Gasteiger partial charge on any atom is -0.369 e. The van der Waals surface area contributed by atoms with Crippen molar-refractivity contribution in [2.45, 2.75) is 11.1 Å². The number of alkyl halides is 3. The van der Waals surface area contributed by atoms with Gasteiger partial charge in [0.25, 0.3) is 0 Å². The predicted octanol–water partition coefficient (Wildman–Crippen LogP) is 2.45. The van der Waals surface area contributed by atoms with E-state index < -0.39 is 27.3 Å². The molecule has 3 heterocycles. The molecular weight excluding hydrogens is 421 g/mol. The summed E-state index contributed by atoms with van der Waals surface area (Å²) in [6, 6.07) is 7.46. The van der Waals surface area contributed by atoms with Crippen LogP contribution in [0.25, 0.3) is 10.9 Å². The van der Waals surface area contributed by atoms with Crippen molar-refractivity contribution < 1.29 is 21.6 Å². The first kappa shape index (κ1) is 20.4. The van der Waals surface area contributed by atoms with E-state index in [9.17, 15) is 26.4 Å². The van der Waals surface area contributed by atoms with Crippen LogP contribution in [-0.2, 0) is 16.2 Å². The van der Waals surface area contributed by atoms with Gasteiger partial charge in [-0.25, -0.2) is 8.42 Å². The summed E-state index contributed by atoms with van der Waals surface area (Å²) in [5.74, 6) is 0. The SMILES string of the molecule is O=c1cc(C(F)(F)F)c2cc(S(=O)(=O)N3CCN(c4ccncc4)CC3)ccc2[nH]1. The monoisotopic (exact) mass is 438 g/mol. The average Bonchev–Trinajstić information content (AvgIpc) is 2.73. The fourth-order valence-corrected chi connectivity index (χ4v) is 4.97. The number of anilines is 1. The van der Waals surface area contributed by atoms with Crippen LogP contribution in [0.5, 0.6) is 0 Å². The van der Waals surface area contributed by atoms with Crippen molar-refractivity contribution in [3.8, 4) is 0 Å². The molecule has 0 atom stereocenters. The number of H-pyrrole nitrogens is 1. The molecule has 0 spiro atoms. The third-order valence-electron chi connectivity index (χ3n) is 5.02. The molecule has 0 radical (unpaired) electrons. The van der Waals surface area contributed by atoms with Gasteiger partial charge < -0.3 is 9.88 Å². The van der Waals surface area contributed by atoms with Crippen molar-refractivity contribution in [1.29, 1.82) is 0 Å². The highest BCUT2D eigenvalue weighted by Crippen LogP contribution is 2.34. The van der Waals surface area contributed by atoms with Gasteiger partial charge in [-0.3, -0.25) is 9.78 Å². The number of sulfonamides is 1. The smallest absolute Gasteiger partial charge is 0.369 e. The van der Waals surface area contributed by atoms with Gasteiger partial charge in [0, 0.05) is 61.2 Å². The standard InChI is InChI=1S/C19H17F3N4O3S/c20-19(21,22)16-12-18(27)24-17-2-1-14(11-15(16)17)30(28,29)26-9-7-25(8-10-26)13-3-5-23-6-4-13/h1-6,11-12H,7-10H2,(H,24,27). The minimum atomic E-state index is -4.79. The Kier molecular flexibility index (Phi) is 5.02. The predicted molar refractivity (Wildman–Crippen MR) is 105 cm³/mol. The summed E-state index contributed by atoms with van der Waals surface area (Å²) in [4.78, 5) is 19.6. The molecule has 30 heavy (non-hydrogen) atoms. The molecule has 1 saturated heterocycles. The van der Waals surface area contributed by atoms with Gasteiger partial charge in [0.2, 0.25) is 15.6 Å². The topological polar surface area (TPSA) is 86.4 Å². The molecule has 1 N–H and O–H groups in total. The Bertz CT molecular complexity index is 1240. The van der Waals surface area contributed by atoms with E-state index in [-0.39, 0.29) is 28.9 Å². The van der Waals surface area contributed by atoms with Gasteiger partial charge in [-0.2, -0.15) is 17.5 Å². The second-order valence-electron chi connectivity index (χ2n) is 6.85. The summed E-state index contributed by atoms with van der Waals surface area (Å²) >= 11 is 0. The van der Waals surface area contributed by atoms with Crippen LogP contribution in [0.3, 0.4) is 0 Å². The number of rotatable bonds is 3. The number of hydrogen-bond acceptors (Lipinski definition) is 5. The van der Waals surface area contributed by atoms with Gasteiger partial charge in [-0.05, 0) is 30.3 Å². The van der Waals surface area contributed by atoms with Gasteiger partial charge in [0.1, 0.15) is 0 Å². The van der Waals surface area contributed by atoms with Crippen LogP contribution in [0, 0.1) is 0 Å². The van der Waals surface area contributed by atoms with E-state index in [1.54, 1.807) is 12.4 Å². The van der Waals surface area contributed by atoms with Crippen LogP contribution in [0.4, 0.5) is 18.9 Å². The number of aromatic amines is 1. The lowest BCUT2D eigenvalue weighted by Crippen LogP contribution is -2.48. The number of nitrogens with one attached hydrogen (secondary N) is 1. The van der Waals surface area contributed by atoms with Crippen molar-refractivity contribution in [3.63, 3.8) is 0 Å². The Labute approximate surface area is 169 Å². The van der Waals surface area contributed by atoms with Crippen molar-refractivity contribution in [1.82, 2.24) is 14.3 Å². The molecule has 1 fully saturated rings. The highest BCUT2D eigenvalue weighted by Gasteiger charge is 2.34. The first-order valence-corrected chi connectivity index (χ1v) is 10.5. The third kappa shape index (κ3) is 3.77. The van der Waals surface area contributed by atoms with E-state index in [1.807, 2.05) is 17.0 Å². The van der Waals surface area contributed by atoms with Crippen LogP contribution >= 0.6 is 0 Å². The molecule has 7 nitrogen and oxygen atoms in total. The highest BCUT2D eigenvalue weighted by atomic mass is 32.2. The molecule has 0 saturated carbocycles. The molecule has 0 unspecified atom stereocenters. The molecular formula is C19H17F3N4O3S. The Hall–Kier alpha value is -2.92. The largest absolute Gasteiger partial charge is 0.417 e. The highest BCUT2D eigenvalue weighted by molar-refractivity contribution is 7.89. The van der Waals surface area contributed by atoms with Crippen LogP contribution in [0.15, 0.2) is 58.5 Å². The Morgan fingerprint density at radius 1 is 0.967 bits per heavy atom. The fraction of sp³-hybridized carbons (Fsp3) is 0.263. The molecule has 3 aromatic rings. The molecule has 0 aliphatic carbocycles.